The molecule has 46 heavy (non-hydrogen) atoms. The molecule has 1 saturated heterocycles. The van der Waals surface area contributed by atoms with Crippen molar-refractivity contribution in [3.8, 4) is 11.1 Å². The number of nitrogens with one attached hydrogen (secondary N) is 1. The zero-order valence-electron chi connectivity index (χ0n) is 26.0. The summed E-state index contributed by atoms with van der Waals surface area (Å²) in [5, 5.41) is 22.2. The Morgan fingerprint density at radius 3 is 2.43 bits per heavy atom. The number of aliphatic hydroxyl groups is 1. The van der Waals surface area contributed by atoms with Crippen LogP contribution in [0.15, 0.2) is 90.3 Å². The summed E-state index contributed by atoms with van der Waals surface area (Å²) >= 11 is 1.66. The highest BCUT2D eigenvalue weighted by atomic mass is 32.2. The van der Waals surface area contributed by atoms with Crippen LogP contribution in [-0.2, 0) is 39.3 Å². The number of carboxylic acid groups (broad SMARTS) is 1. The van der Waals surface area contributed by atoms with Crippen molar-refractivity contribution >= 4 is 23.6 Å². The van der Waals surface area contributed by atoms with Gasteiger partial charge in [0.15, 0.2) is 11.4 Å². The number of carboxylic acids is 1. The molecule has 0 radical (unpaired) electrons. The SMILES string of the molecule is Cn1ccnc1SC[C@H]1C[C@@H](c2ccc(CO)cc2)O[C@@H](c2cccc(-c3cccc(CNC(=O)CCCCCC(=O)O)c3)c2)O1. The van der Waals surface area contributed by atoms with Crippen molar-refractivity contribution in [1.82, 2.24) is 14.9 Å². The fourth-order valence-electron chi connectivity index (χ4n) is 5.43. The van der Waals surface area contributed by atoms with E-state index in [0.29, 0.717) is 32.2 Å². The molecule has 0 aliphatic carbocycles. The third kappa shape index (κ3) is 9.53. The molecular formula is C36H41N3O6S. The van der Waals surface area contributed by atoms with Crippen LogP contribution in [0.1, 0.15) is 73.2 Å². The number of carbonyl (C=O) groups excluding carboxylic acids is 1. The lowest BCUT2D eigenvalue weighted by molar-refractivity contribution is -0.245. The topological polar surface area (TPSA) is 123 Å². The van der Waals surface area contributed by atoms with Crippen LogP contribution in [0.2, 0.25) is 0 Å². The largest absolute Gasteiger partial charge is 0.481 e. The molecule has 3 N–H and O–H groups in total. The predicted octanol–water partition coefficient (Wildman–Crippen LogP) is 6.57. The number of amides is 1. The summed E-state index contributed by atoms with van der Waals surface area (Å²) in [7, 11) is 1.98. The molecule has 5 rings (SSSR count). The maximum Gasteiger partial charge on any atom is 0.303 e. The van der Waals surface area contributed by atoms with Gasteiger partial charge in [0.25, 0.3) is 0 Å². The molecule has 1 aliphatic heterocycles. The summed E-state index contributed by atoms with van der Waals surface area (Å²) in [6, 6.07) is 24.2. The van der Waals surface area contributed by atoms with Gasteiger partial charge >= 0.3 is 5.97 Å². The molecule has 0 bridgehead atoms. The second-order valence-corrected chi connectivity index (χ2v) is 12.5. The van der Waals surface area contributed by atoms with Gasteiger partial charge in [-0.2, -0.15) is 0 Å². The monoisotopic (exact) mass is 643 g/mol. The Kier molecular flexibility index (Phi) is 12.0. The molecule has 2 heterocycles. The third-order valence-electron chi connectivity index (χ3n) is 7.99. The van der Waals surface area contributed by atoms with Gasteiger partial charge in [-0.3, -0.25) is 9.59 Å². The number of hydrogen-bond acceptors (Lipinski definition) is 7. The highest BCUT2D eigenvalue weighted by molar-refractivity contribution is 7.99. The summed E-state index contributed by atoms with van der Waals surface area (Å²) in [5.74, 6) is -0.112. The predicted molar refractivity (Wildman–Crippen MR) is 177 cm³/mol. The fourth-order valence-corrected chi connectivity index (χ4v) is 6.38. The van der Waals surface area contributed by atoms with E-state index in [-0.39, 0.29) is 31.1 Å². The number of carbonyl (C=O) groups is 2. The molecule has 1 amide bonds. The number of aliphatic hydroxyl groups excluding tert-OH is 1. The molecular weight excluding hydrogens is 602 g/mol. The van der Waals surface area contributed by atoms with Crippen LogP contribution in [0.4, 0.5) is 0 Å². The molecule has 3 atom stereocenters. The lowest BCUT2D eigenvalue weighted by Crippen LogP contribution is -2.31. The molecule has 4 aromatic rings. The zero-order chi connectivity index (χ0) is 32.3. The number of hydrogen-bond donors (Lipinski definition) is 3. The minimum atomic E-state index is -0.803. The van der Waals surface area contributed by atoms with E-state index in [1.54, 1.807) is 18.0 Å². The van der Waals surface area contributed by atoms with Crippen molar-refractivity contribution in [2.75, 3.05) is 5.75 Å². The first kappa shape index (κ1) is 33.4. The van der Waals surface area contributed by atoms with E-state index in [0.717, 1.165) is 50.7 Å². The summed E-state index contributed by atoms with van der Waals surface area (Å²) in [4.78, 5) is 27.4. The average molecular weight is 644 g/mol. The van der Waals surface area contributed by atoms with Gasteiger partial charge in [0.05, 0.1) is 18.8 Å². The van der Waals surface area contributed by atoms with E-state index < -0.39 is 12.3 Å². The first-order valence-electron chi connectivity index (χ1n) is 15.7. The number of thioether (sulfide) groups is 1. The smallest absolute Gasteiger partial charge is 0.303 e. The first-order chi connectivity index (χ1) is 22.4. The molecule has 242 valence electrons. The first-order valence-corrected chi connectivity index (χ1v) is 16.6. The van der Waals surface area contributed by atoms with Crippen LogP contribution in [0, 0.1) is 0 Å². The van der Waals surface area contributed by atoms with Gasteiger partial charge in [0, 0.05) is 56.6 Å². The molecule has 9 nitrogen and oxygen atoms in total. The summed E-state index contributed by atoms with van der Waals surface area (Å²) in [6.45, 7) is 0.416. The Morgan fingerprint density at radius 2 is 1.70 bits per heavy atom. The number of aromatic nitrogens is 2. The van der Waals surface area contributed by atoms with E-state index in [9.17, 15) is 14.7 Å². The van der Waals surface area contributed by atoms with Crippen LogP contribution in [-0.4, -0.2) is 43.5 Å². The molecule has 0 unspecified atom stereocenters. The number of rotatable bonds is 15. The van der Waals surface area contributed by atoms with Crippen molar-refractivity contribution in [2.24, 2.45) is 7.05 Å². The Hall–Kier alpha value is -3.96. The number of aryl methyl sites for hydroxylation is 1. The summed E-state index contributed by atoms with van der Waals surface area (Å²) in [6.07, 6.45) is 6.12. The van der Waals surface area contributed by atoms with Crippen molar-refractivity contribution in [3.63, 3.8) is 0 Å². The molecule has 1 aromatic heterocycles. The number of imidazole rings is 1. The minimum absolute atomic E-state index is 0.00296. The number of aliphatic carboxylic acids is 1. The lowest BCUT2D eigenvalue weighted by atomic mass is 9.99. The Bertz CT molecular complexity index is 1590. The number of nitrogens with zero attached hydrogens (tertiary/aromatic N) is 2. The summed E-state index contributed by atoms with van der Waals surface area (Å²) in [5.41, 5.74) is 5.86. The van der Waals surface area contributed by atoms with E-state index in [4.69, 9.17) is 14.6 Å². The van der Waals surface area contributed by atoms with Gasteiger partial charge in [-0.05, 0) is 52.8 Å². The molecule has 1 aliphatic rings. The maximum atomic E-state index is 12.3. The van der Waals surface area contributed by atoms with Crippen molar-refractivity contribution in [3.05, 3.63) is 107 Å². The average Bonchev–Trinajstić information content (AvgIpc) is 3.50. The quantitative estimate of drug-likeness (QED) is 0.0983. The molecule has 0 spiro atoms. The fraction of sp³-hybridized carbons (Fsp3) is 0.361. The van der Waals surface area contributed by atoms with Gasteiger partial charge in [0.1, 0.15) is 0 Å². The van der Waals surface area contributed by atoms with Gasteiger partial charge in [0.2, 0.25) is 5.91 Å². The van der Waals surface area contributed by atoms with Crippen LogP contribution in [0.25, 0.3) is 11.1 Å². The second kappa shape index (κ2) is 16.6. The third-order valence-corrected chi connectivity index (χ3v) is 9.18. The van der Waals surface area contributed by atoms with Gasteiger partial charge < -0.3 is 29.6 Å². The second-order valence-electron chi connectivity index (χ2n) is 11.5. The highest BCUT2D eigenvalue weighted by Gasteiger charge is 2.32. The van der Waals surface area contributed by atoms with Crippen LogP contribution in [0.3, 0.4) is 0 Å². The normalized spacial score (nSPS) is 17.9. The standard InChI is InChI=1S/C36H41N3O6S/c1-39-18-17-37-36(39)46-24-31-21-32(27-15-13-25(23-40)14-16-27)45-35(44-31)30-10-6-9-29(20-30)28-8-5-7-26(19-28)22-38-33(41)11-3-2-4-12-34(42)43/h5-10,13-20,31-32,35,40H,2-4,11-12,21-24H2,1H3,(H,38,41)(H,42,43)/t31-,32+,35+/m1/s1. The van der Waals surface area contributed by atoms with Gasteiger partial charge in [-0.1, -0.05) is 78.8 Å². The van der Waals surface area contributed by atoms with Crippen molar-refractivity contribution in [1.29, 1.82) is 0 Å². The van der Waals surface area contributed by atoms with Crippen molar-refractivity contribution < 1.29 is 29.3 Å². The van der Waals surface area contributed by atoms with E-state index in [1.165, 1.54) is 0 Å². The Balaban J connectivity index is 1.26. The van der Waals surface area contributed by atoms with E-state index in [1.807, 2.05) is 72.4 Å². The summed E-state index contributed by atoms with van der Waals surface area (Å²) < 4.78 is 15.1. The van der Waals surface area contributed by atoms with E-state index >= 15 is 0 Å². The number of benzene rings is 3. The van der Waals surface area contributed by atoms with Crippen LogP contribution in [0.5, 0.6) is 0 Å². The highest BCUT2D eigenvalue weighted by Crippen LogP contribution is 2.40. The number of unbranched alkanes of at least 4 members (excludes halogenated alkanes) is 2. The molecule has 10 heteroatoms. The van der Waals surface area contributed by atoms with E-state index in [2.05, 4.69) is 28.5 Å². The molecule has 3 aromatic carbocycles. The zero-order valence-corrected chi connectivity index (χ0v) is 26.8. The van der Waals surface area contributed by atoms with Gasteiger partial charge in [-0.25, -0.2) is 4.98 Å². The molecule has 0 saturated carbocycles. The Morgan fingerprint density at radius 1 is 0.935 bits per heavy atom. The minimum Gasteiger partial charge on any atom is -0.481 e. The van der Waals surface area contributed by atoms with Gasteiger partial charge in [-0.15, -0.1) is 0 Å². The number of ether oxygens (including phenoxy) is 2. The molecule has 1 fully saturated rings. The van der Waals surface area contributed by atoms with Crippen LogP contribution < -0.4 is 5.32 Å². The lowest BCUT2D eigenvalue weighted by Gasteiger charge is -2.36. The van der Waals surface area contributed by atoms with Crippen molar-refractivity contribution in [2.45, 2.75) is 75.3 Å². The maximum absolute atomic E-state index is 12.3. The van der Waals surface area contributed by atoms with Crippen LogP contribution >= 0.6 is 11.8 Å². The Labute approximate surface area is 274 Å².